The summed E-state index contributed by atoms with van der Waals surface area (Å²) >= 11 is 0. The van der Waals surface area contributed by atoms with Crippen LogP contribution in [0.1, 0.15) is 11.1 Å². The molecule has 4 heteroatoms. The summed E-state index contributed by atoms with van der Waals surface area (Å²) < 4.78 is 1.56. The Morgan fingerprint density at radius 3 is 2.72 bits per heavy atom. The number of nitrogens with two attached hydrogens (primary N) is 1. The van der Waals surface area contributed by atoms with Crippen molar-refractivity contribution in [2.45, 2.75) is 6.54 Å². The van der Waals surface area contributed by atoms with Crippen LogP contribution >= 0.6 is 0 Å². The van der Waals surface area contributed by atoms with Gasteiger partial charge in [-0.15, -0.1) is 0 Å². The Hall–Kier alpha value is -2.38. The maximum atomic E-state index is 11.4. The van der Waals surface area contributed by atoms with E-state index in [0.717, 1.165) is 11.1 Å². The van der Waals surface area contributed by atoms with Gasteiger partial charge in [0.05, 0.1) is 13.1 Å². The molecule has 0 bridgehead atoms. The first-order valence-electron chi connectivity index (χ1n) is 5.59. The van der Waals surface area contributed by atoms with E-state index in [-0.39, 0.29) is 5.69 Å². The van der Waals surface area contributed by atoms with Crippen LogP contribution in [0.25, 0.3) is 0 Å². The Labute approximate surface area is 105 Å². The van der Waals surface area contributed by atoms with E-state index < -0.39 is 0 Å². The third-order valence-corrected chi connectivity index (χ3v) is 2.42. The lowest BCUT2D eigenvalue weighted by Gasteiger charge is -2.04. The zero-order valence-corrected chi connectivity index (χ0v) is 9.84. The minimum absolute atomic E-state index is 0.246. The maximum Gasteiger partial charge on any atom is 0.347 e. The van der Waals surface area contributed by atoms with Crippen LogP contribution in [0.5, 0.6) is 0 Å². The van der Waals surface area contributed by atoms with Crippen molar-refractivity contribution >= 4 is 0 Å². The van der Waals surface area contributed by atoms with Crippen LogP contribution in [-0.4, -0.2) is 16.1 Å². The molecule has 0 fully saturated rings. The molecule has 90 valence electrons. The standard InChI is InChI=1S/C14H13N3O/c15-8-1-3-12-4-6-13(7-5-12)11-17-10-2-9-16-14(17)18/h2,4-7,9-10H,8,11,15H2. The van der Waals surface area contributed by atoms with Gasteiger partial charge in [0.2, 0.25) is 0 Å². The molecule has 0 spiro atoms. The second-order valence-corrected chi connectivity index (χ2v) is 3.73. The lowest BCUT2D eigenvalue weighted by Crippen LogP contribution is -2.21. The van der Waals surface area contributed by atoms with E-state index in [1.54, 1.807) is 16.8 Å². The molecule has 0 saturated heterocycles. The largest absolute Gasteiger partial charge is 0.347 e. The van der Waals surface area contributed by atoms with Crippen LogP contribution in [0.4, 0.5) is 0 Å². The molecule has 0 radical (unpaired) electrons. The molecule has 0 amide bonds. The quantitative estimate of drug-likeness (QED) is 0.781. The van der Waals surface area contributed by atoms with Crippen LogP contribution in [0.15, 0.2) is 47.5 Å². The van der Waals surface area contributed by atoms with Crippen molar-refractivity contribution in [2.24, 2.45) is 5.73 Å². The fourth-order valence-electron chi connectivity index (χ4n) is 1.55. The summed E-state index contributed by atoms with van der Waals surface area (Å²) in [6.07, 6.45) is 3.21. The van der Waals surface area contributed by atoms with Gasteiger partial charge in [-0.1, -0.05) is 24.0 Å². The summed E-state index contributed by atoms with van der Waals surface area (Å²) in [6, 6.07) is 9.46. The molecule has 0 aliphatic rings. The van der Waals surface area contributed by atoms with Crippen molar-refractivity contribution in [3.63, 3.8) is 0 Å². The number of rotatable bonds is 2. The molecule has 1 heterocycles. The van der Waals surface area contributed by atoms with E-state index in [0.29, 0.717) is 13.1 Å². The Bertz CT molecular complexity index is 632. The average Bonchev–Trinajstić information content (AvgIpc) is 2.41. The van der Waals surface area contributed by atoms with E-state index in [4.69, 9.17) is 5.73 Å². The van der Waals surface area contributed by atoms with Crippen LogP contribution in [-0.2, 0) is 6.54 Å². The zero-order chi connectivity index (χ0) is 12.8. The summed E-state index contributed by atoms with van der Waals surface area (Å²) in [4.78, 5) is 15.2. The highest BCUT2D eigenvalue weighted by molar-refractivity contribution is 5.36. The highest BCUT2D eigenvalue weighted by atomic mass is 16.1. The Kier molecular flexibility index (Phi) is 3.90. The van der Waals surface area contributed by atoms with Crippen molar-refractivity contribution in [2.75, 3.05) is 6.54 Å². The Morgan fingerprint density at radius 2 is 2.06 bits per heavy atom. The molecular formula is C14H13N3O. The van der Waals surface area contributed by atoms with Crippen LogP contribution < -0.4 is 11.4 Å². The molecule has 1 aromatic heterocycles. The lowest BCUT2D eigenvalue weighted by molar-refractivity contribution is 0.727. The normalized spacial score (nSPS) is 9.61. The Morgan fingerprint density at radius 1 is 1.28 bits per heavy atom. The fraction of sp³-hybridized carbons (Fsp3) is 0.143. The molecule has 0 aliphatic carbocycles. The molecular weight excluding hydrogens is 226 g/mol. The van der Waals surface area contributed by atoms with E-state index in [1.807, 2.05) is 24.3 Å². The third-order valence-electron chi connectivity index (χ3n) is 2.42. The van der Waals surface area contributed by atoms with Crippen molar-refractivity contribution in [3.05, 3.63) is 64.3 Å². The average molecular weight is 239 g/mol. The Balaban J connectivity index is 2.16. The predicted octanol–water partition coefficient (Wildman–Crippen LogP) is 0.602. The van der Waals surface area contributed by atoms with Gasteiger partial charge in [-0.25, -0.2) is 9.78 Å². The van der Waals surface area contributed by atoms with Gasteiger partial charge in [-0.2, -0.15) is 0 Å². The SMILES string of the molecule is NCC#Cc1ccc(Cn2cccnc2=O)cc1. The zero-order valence-electron chi connectivity index (χ0n) is 9.84. The number of nitrogens with zero attached hydrogens (tertiary/aromatic N) is 2. The molecule has 2 N–H and O–H groups in total. The maximum absolute atomic E-state index is 11.4. The smallest absolute Gasteiger partial charge is 0.320 e. The molecule has 0 aliphatic heterocycles. The van der Waals surface area contributed by atoms with Gasteiger partial charge in [0.15, 0.2) is 0 Å². The second kappa shape index (κ2) is 5.80. The molecule has 2 aromatic rings. The number of hydrogen-bond donors (Lipinski definition) is 1. The van der Waals surface area contributed by atoms with Gasteiger partial charge in [-0.3, -0.25) is 4.57 Å². The molecule has 2 rings (SSSR count). The minimum atomic E-state index is -0.246. The molecule has 4 nitrogen and oxygen atoms in total. The number of hydrogen-bond acceptors (Lipinski definition) is 3. The van der Waals surface area contributed by atoms with E-state index in [1.165, 1.54) is 6.20 Å². The van der Waals surface area contributed by atoms with Crippen LogP contribution in [0.3, 0.4) is 0 Å². The predicted molar refractivity (Wildman–Crippen MR) is 70.0 cm³/mol. The van der Waals surface area contributed by atoms with E-state index >= 15 is 0 Å². The molecule has 0 atom stereocenters. The fourth-order valence-corrected chi connectivity index (χ4v) is 1.55. The third kappa shape index (κ3) is 3.06. The highest BCUT2D eigenvalue weighted by Gasteiger charge is 1.97. The monoisotopic (exact) mass is 239 g/mol. The van der Waals surface area contributed by atoms with Crippen molar-refractivity contribution in [1.29, 1.82) is 0 Å². The summed E-state index contributed by atoms with van der Waals surface area (Å²) in [7, 11) is 0. The van der Waals surface area contributed by atoms with Crippen molar-refractivity contribution in [1.82, 2.24) is 9.55 Å². The topological polar surface area (TPSA) is 60.9 Å². The summed E-state index contributed by atoms with van der Waals surface area (Å²) in [5, 5.41) is 0. The van der Waals surface area contributed by atoms with Crippen molar-refractivity contribution < 1.29 is 0 Å². The first kappa shape index (κ1) is 12.1. The molecule has 0 unspecified atom stereocenters. The molecule has 18 heavy (non-hydrogen) atoms. The second-order valence-electron chi connectivity index (χ2n) is 3.73. The van der Waals surface area contributed by atoms with Gasteiger partial charge in [0.25, 0.3) is 0 Å². The lowest BCUT2D eigenvalue weighted by atomic mass is 10.1. The van der Waals surface area contributed by atoms with Crippen LogP contribution in [0.2, 0.25) is 0 Å². The minimum Gasteiger partial charge on any atom is -0.320 e. The summed E-state index contributed by atoms with van der Waals surface area (Å²) in [5.41, 5.74) is 7.01. The first-order chi connectivity index (χ1) is 8.79. The van der Waals surface area contributed by atoms with Gasteiger partial charge in [0.1, 0.15) is 0 Å². The van der Waals surface area contributed by atoms with Crippen LogP contribution in [0, 0.1) is 11.8 Å². The first-order valence-corrected chi connectivity index (χ1v) is 5.59. The van der Waals surface area contributed by atoms with Gasteiger partial charge >= 0.3 is 5.69 Å². The number of benzene rings is 1. The summed E-state index contributed by atoms with van der Waals surface area (Å²) in [6.45, 7) is 0.865. The van der Waals surface area contributed by atoms with Gasteiger partial charge in [-0.05, 0) is 23.8 Å². The van der Waals surface area contributed by atoms with E-state index in [2.05, 4.69) is 16.8 Å². The van der Waals surface area contributed by atoms with Gasteiger partial charge < -0.3 is 5.73 Å². The summed E-state index contributed by atoms with van der Waals surface area (Å²) in [5.74, 6) is 5.75. The van der Waals surface area contributed by atoms with E-state index in [9.17, 15) is 4.79 Å². The highest BCUT2D eigenvalue weighted by Crippen LogP contribution is 2.04. The van der Waals surface area contributed by atoms with Gasteiger partial charge in [0, 0.05) is 18.0 Å². The molecule has 0 saturated carbocycles. The van der Waals surface area contributed by atoms with Crippen molar-refractivity contribution in [3.8, 4) is 11.8 Å². The number of aromatic nitrogens is 2. The molecule has 1 aromatic carbocycles.